The van der Waals surface area contributed by atoms with E-state index < -0.39 is 35.6 Å². The van der Waals surface area contributed by atoms with Gasteiger partial charge in [-0.1, -0.05) is 35.9 Å². The molecule has 0 unspecified atom stereocenters. The maximum absolute atomic E-state index is 13.0. The lowest BCUT2D eigenvalue weighted by Gasteiger charge is -2.28. The lowest BCUT2D eigenvalue weighted by atomic mass is 9.98. The van der Waals surface area contributed by atoms with Crippen molar-refractivity contribution in [2.45, 2.75) is 12.2 Å². The van der Waals surface area contributed by atoms with Crippen LogP contribution < -0.4 is 0 Å². The minimum Gasteiger partial charge on any atom is -0.270 e. The van der Waals surface area contributed by atoms with Gasteiger partial charge in [-0.15, -0.1) is 0 Å². The molecule has 2 aliphatic rings. The maximum Gasteiger partial charge on any atom is 0.417 e. The number of carbonyl (C=O) groups excluding carboxylic acids is 3. The van der Waals surface area contributed by atoms with Gasteiger partial charge in [-0.2, -0.15) is 13.2 Å². The van der Waals surface area contributed by atoms with Crippen LogP contribution in [0.15, 0.2) is 53.2 Å². The molecule has 1 aromatic carbocycles. The van der Waals surface area contributed by atoms with E-state index in [-0.39, 0.29) is 22.0 Å². The van der Waals surface area contributed by atoms with E-state index in [0.29, 0.717) is 17.3 Å². The standard InChI is InChI=1S/C21H14ClF3N4O3/c1-28-18(30)13(19(31)29(2)20(28)32)8-15-11-5-3-4-6-12(11)16(27-15)17-14(22)7-10(9-26-17)21(23,24)25/h3-9,16H,1-2H3/t16-/m1/s1. The molecule has 2 aliphatic heterocycles. The van der Waals surface area contributed by atoms with Crippen LogP contribution in [0.3, 0.4) is 0 Å². The van der Waals surface area contributed by atoms with Crippen molar-refractivity contribution in [3.8, 4) is 0 Å². The van der Waals surface area contributed by atoms with Gasteiger partial charge in [0.15, 0.2) is 0 Å². The highest BCUT2D eigenvalue weighted by Gasteiger charge is 2.39. The van der Waals surface area contributed by atoms with Crippen LogP contribution in [0, 0.1) is 0 Å². The number of barbiturate groups is 1. The summed E-state index contributed by atoms with van der Waals surface area (Å²) in [5.41, 5.74) is 0.253. The van der Waals surface area contributed by atoms with E-state index in [0.717, 1.165) is 15.9 Å². The first-order chi connectivity index (χ1) is 15.0. The van der Waals surface area contributed by atoms with Crippen LogP contribution >= 0.6 is 11.6 Å². The zero-order valence-corrected chi connectivity index (χ0v) is 17.4. The summed E-state index contributed by atoms with van der Waals surface area (Å²) in [7, 11) is 2.50. The number of pyridine rings is 1. The Kier molecular flexibility index (Phi) is 5.12. The molecule has 4 rings (SSSR count). The van der Waals surface area contributed by atoms with Crippen molar-refractivity contribution >= 4 is 35.2 Å². The van der Waals surface area contributed by atoms with E-state index in [1.165, 1.54) is 20.2 Å². The number of nitrogens with zero attached hydrogens (tertiary/aromatic N) is 4. The zero-order valence-electron chi connectivity index (χ0n) is 16.6. The highest BCUT2D eigenvalue weighted by molar-refractivity contribution is 6.32. The summed E-state index contributed by atoms with van der Waals surface area (Å²) in [6.45, 7) is 0. The van der Waals surface area contributed by atoms with Crippen molar-refractivity contribution in [3.05, 3.63) is 75.6 Å². The van der Waals surface area contributed by atoms with Crippen molar-refractivity contribution < 1.29 is 27.6 Å². The number of imide groups is 2. The third kappa shape index (κ3) is 3.46. The molecule has 0 aliphatic carbocycles. The molecule has 164 valence electrons. The Hall–Kier alpha value is -3.53. The van der Waals surface area contributed by atoms with Crippen LogP contribution in [0.25, 0.3) is 0 Å². The summed E-state index contributed by atoms with van der Waals surface area (Å²) in [4.78, 5) is 47.0. The number of halogens is 4. The van der Waals surface area contributed by atoms with Gasteiger partial charge in [0.25, 0.3) is 11.8 Å². The topological polar surface area (TPSA) is 82.9 Å². The Morgan fingerprint density at radius 3 is 2.28 bits per heavy atom. The number of amides is 4. The number of aromatic nitrogens is 1. The molecule has 32 heavy (non-hydrogen) atoms. The number of fused-ring (bicyclic) bond motifs is 1. The summed E-state index contributed by atoms with van der Waals surface area (Å²) in [6, 6.07) is 6.01. The summed E-state index contributed by atoms with van der Waals surface area (Å²) in [5, 5.41) is -0.216. The number of carbonyl (C=O) groups is 3. The molecule has 0 spiro atoms. The van der Waals surface area contributed by atoms with Gasteiger partial charge in [0.1, 0.15) is 11.6 Å². The van der Waals surface area contributed by atoms with Gasteiger partial charge < -0.3 is 0 Å². The van der Waals surface area contributed by atoms with E-state index in [2.05, 4.69) is 9.98 Å². The van der Waals surface area contributed by atoms with E-state index in [4.69, 9.17) is 11.6 Å². The second-order valence-corrected chi connectivity index (χ2v) is 7.57. The average Bonchev–Trinajstić information content (AvgIpc) is 3.11. The normalized spacial score (nSPS) is 18.8. The van der Waals surface area contributed by atoms with Gasteiger partial charge in [-0.3, -0.25) is 29.4 Å². The highest BCUT2D eigenvalue weighted by atomic mass is 35.5. The summed E-state index contributed by atoms with van der Waals surface area (Å²) in [5.74, 6) is -1.57. The molecule has 1 fully saturated rings. The van der Waals surface area contributed by atoms with Gasteiger partial charge in [-0.05, 0) is 17.7 Å². The molecule has 1 aromatic heterocycles. The fourth-order valence-corrected chi connectivity index (χ4v) is 3.76. The largest absolute Gasteiger partial charge is 0.417 e. The first kappa shape index (κ1) is 21.7. The monoisotopic (exact) mass is 462 g/mol. The number of hydrogen-bond acceptors (Lipinski definition) is 5. The Morgan fingerprint density at radius 2 is 1.69 bits per heavy atom. The van der Waals surface area contributed by atoms with E-state index >= 15 is 0 Å². The molecule has 1 saturated heterocycles. The first-order valence-corrected chi connectivity index (χ1v) is 9.60. The number of rotatable bonds is 2. The van der Waals surface area contributed by atoms with Gasteiger partial charge in [0, 0.05) is 25.9 Å². The molecule has 3 heterocycles. The molecule has 7 nitrogen and oxygen atoms in total. The van der Waals surface area contributed by atoms with Crippen molar-refractivity contribution in [3.63, 3.8) is 0 Å². The predicted molar refractivity (Wildman–Crippen MR) is 108 cm³/mol. The fraction of sp³-hybridized carbons (Fsp3) is 0.190. The lowest BCUT2D eigenvalue weighted by molar-refractivity contribution is -0.138. The summed E-state index contributed by atoms with van der Waals surface area (Å²) < 4.78 is 38.9. The molecule has 2 aromatic rings. The zero-order chi connectivity index (χ0) is 23.4. The first-order valence-electron chi connectivity index (χ1n) is 9.22. The van der Waals surface area contributed by atoms with E-state index in [1.807, 2.05) is 0 Å². The van der Waals surface area contributed by atoms with E-state index in [1.54, 1.807) is 24.3 Å². The number of benzene rings is 1. The second-order valence-electron chi connectivity index (χ2n) is 7.16. The third-order valence-corrected chi connectivity index (χ3v) is 5.48. The van der Waals surface area contributed by atoms with Crippen LogP contribution in [0.5, 0.6) is 0 Å². The number of hydrogen-bond donors (Lipinski definition) is 0. The smallest absolute Gasteiger partial charge is 0.270 e. The molecular weight excluding hydrogens is 449 g/mol. The van der Waals surface area contributed by atoms with Gasteiger partial charge >= 0.3 is 12.2 Å². The maximum atomic E-state index is 13.0. The number of allylic oxidation sites excluding steroid dienone is 1. The van der Waals surface area contributed by atoms with Crippen molar-refractivity contribution in [2.75, 3.05) is 14.1 Å². The minimum absolute atomic E-state index is 0.103. The fourth-order valence-electron chi connectivity index (χ4n) is 3.49. The molecular formula is C21H14ClF3N4O3. The Balaban J connectivity index is 1.81. The second kappa shape index (κ2) is 7.56. The lowest BCUT2D eigenvalue weighted by Crippen LogP contribution is -2.53. The quantitative estimate of drug-likeness (QED) is 0.504. The average molecular weight is 463 g/mol. The van der Waals surface area contributed by atoms with Crippen molar-refractivity contribution in [2.24, 2.45) is 4.99 Å². The number of alkyl halides is 3. The van der Waals surface area contributed by atoms with Crippen molar-refractivity contribution in [1.82, 2.24) is 14.8 Å². The predicted octanol–water partition coefficient (Wildman–Crippen LogP) is 3.62. The van der Waals surface area contributed by atoms with Gasteiger partial charge in [-0.25, -0.2) is 4.79 Å². The number of likely N-dealkylation sites (N-methyl/N-ethyl adjacent to an activating group) is 2. The van der Waals surface area contributed by atoms with Gasteiger partial charge in [0.2, 0.25) is 0 Å². The Bertz CT molecular complexity index is 1210. The van der Waals surface area contributed by atoms with Crippen LogP contribution in [-0.4, -0.2) is 52.4 Å². The highest BCUT2D eigenvalue weighted by Crippen LogP contribution is 2.39. The summed E-state index contributed by atoms with van der Waals surface area (Å²) >= 11 is 6.12. The van der Waals surface area contributed by atoms with Crippen molar-refractivity contribution in [1.29, 1.82) is 0 Å². The number of urea groups is 1. The molecule has 0 radical (unpaired) electrons. The molecule has 0 N–H and O–H groups in total. The van der Waals surface area contributed by atoms with E-state index in [9.17, 15) is 27.6 Å². The Morgan fingerprint density at radius 1 is 1.06 bits per heavy atom. The van der Waals surface area contributed by atoms with Crippen LogP contribution in [0.2, 0.25) is 5.02 Å². The van der Waals surface area contributed by atoms with Gasteiger partial charge in [0.05, 0.1) is 22.0 Å². The van der Waals surface area contributed by atoms with Crippen LogP contribution in [-0.2, 0) is 15.8 Å². The Labute approximate surface area is 184 Å². The SMILES string of the molecule is CN1C(=O)C(=CC2=N[C@@H](c3ncc(C(F)(F)F)cc3Cl)c3ccccc32)C(=O)N(C)C1=O. The third-order valence-electron chi connectivity index (χ3n) is 5.18. The molecule has 4 amide bonds. The number of aliphatic imine (C=N–C) groups is 1. The molecule has 0 saturated carbocycles. The molecule has 0 bridgehead atoms. The van der Waals surface area contributed by atoms with Crippen LogP contribution in [0.4, 0.5) is 18.0 Å². The minimum atomic E-state index is -4.60. The molecule has 11 heteroatoms. The molecule has 1 atom stereocenters. The summed E-state index contributed by atoms with van der Waals surface area (Å²) in [6.07, 6.45) is -2.65. The van der Waals surface area contributed by atoms with Crippen LogP contribution in [0.1, 0.15) is 28.4 Å².